The number of carboxylic acids is 1. The van der Waals surface area contributed by atoms with Crippen LogP contribution in [-0.4, -0.2) is 47.7 Å². The Hall–Kier alpha value is -2.41. The van der Waals surface area contributed by atoms with Crippen LogP contribution in [0.25, 0.3) is 0 Å². The van der Waals surface area contributed by atoms with Gasteiger partial charge < -0.3 is 9.90 Å². The Balaban J connectivity index is 0.000000457. The molecule has 2 rings (SSSR count). The Bertz CT molecular complexity index is 1030. The molecule has 0 radical (unpaired) electrons. The van der Waals surface area contributed by atoms with Gasteiger partial charge in [-0.05, 0) is 24.3 Å². The van der Waals surface area contributed by atoms with Crippen molar-refractivity contribution >= 4 is 5.97 Å². The van der Waals surface area contributed by atoms with Gasteiger partial charge in [-0.1, -0.05) is 36.4 Å². The smallest absolute Gasteiger partial charge is 0.460 e. The summed E-state index contributed by atoms with van der Waals surface area (Å²) in [5.74, 6) is -53.3. The van der Waals surface area contributed by atoms with Gasteiger partial charge in [0.15, 0.2) is 7.14 Å². The molecule has 2 aromatic rings. The molecule has 0 N–H and O–H groups in total. The van der Waals surface area contributed by atoms with Crippen molar-refractivity contribution in [1.29, 1.82) is 0 Å². The summed E-state index contributed by atoms with van der Waals surface area (Å²) in [6.45, 7) is 0. The lowest BCUT2D eigenvalue weighted by Crippen LogP contribution is -3.61. The van der Waals surface area contributed by atoms with Crippen LogP contribution < -0.4 is 26.3 Å². The third kappa shape index (κ3) is 5.93. The highest BCUT2D eigenvalue weighted by Gasteiger charge is 2.93. The molecule has 0 aromatic heterocycles. The summed E-state index contributed by atoms with van der Waals surface area (Å²) < 4.78 is 189. The Morgan fingerprint density at radius 1 is 0.500 bits per heavy atom. The minimum absolute atomic E-state index is 0.0287. The molecule has 0 saturated heterocycles. The van der Waals surface area contributed by atoms with Crippen molar-refractivity contribution in [2.45, 2.75) is 41.7 Å². The number of carboxylic acid groups (broad SMARTS) is 1. The van der Waals surface area contributed by atoms with E-state index in [2.05, 4.69) is 60.7 Å². The third-order valence-corrected chi connectivity index (χ3v) is 6.95. The molecule has 0 saturated carbocycles. The quantitative estimate of drug-likeness (QED) is 0.316. The molecular weight excluding hydrogens is 684 g/mol. The zero-order valence-corrected chi connectivity index (χ0v) is 19.8. The van der Waals surface area contributed by atoms with Gasteiger partial charge in [0.25, 0.3) is 0 Å². The molecule has 0 aliphatic carbocycles. The molecule has 0 amide bonds. The molecule has 214 valence electrons. The number of alkyl halides is 15. The van der Waals surface area contributed by atoms with Gasteiger partial charge in [0.2, 0.25) is 0 Å². The summed E-state index contributed by atoms with van der Waals surface area (Å²) in [7, 11) is 0. The number of carbonyl (C=O) groups excluding carboxylic acids is 1. The van der Waals surface area contributed by atoms with Gasteiger partial charge >= 0.3 is 62.9 Å². The summed E-state index contributed by atoms with van der Waals surface area (Å²) in [6.07, 6.45) is -7.71. The largest absolute Gasteiger partial charge is 0.544 e. The molecule has 0 heterocycles. The first-order chi connectivity index (χ1) is 16.9. The number of halogens is 16. The van der Waals surface area contributed by atoms with Gasteiger partial charge in [-0.3, -0.25) is 0 Å². The van der Waals surface area contributed by atoms with Gasteiger partial charge in [-0.2, -0.15) is 65.9 Å². The average Bonchev–Trinajstić information content (AvgIpc) is 2.79. The van der Waals surface area contributed by atoms with E-state index >= 15 is 0 Å². The van der Waals surface area contributed by atoms with Crippen LogP contribution in [0.4, 0.5) is 65.9 Å². The van der Waals surface area contributed by atoms with Gasteiger partial charge in [-0.25, -0.2) is 0 Å². The maximum atomic E-state index is 12.8. The van der Waals surface area contributed by atoms with Crippen molar-refractivity contribution in [2.24, 2.45) is 0 Å². The highest BCUT2D eigenvalue weighted by molar-refractivity contribution is 5.75. The maximum absolute atomic E-state index is 12.8. The standard InChI is InChI=1S/C12H10I.C8HF15O2/c1-3-7-11(8-4-1)13-12-9-5-2-6-10-12;9-2(10,1(24)25)3(11,12)4(13,14)5(15,16)6(17,18)7(19,20)8(21,22)23/h1-10H;(H,24,25)/q+1;/p-1. The van der Waals surface area contributed by atoms with Crippen molar-refractivity contribution in [1.82, 2.24) is 0 Å². The molecule has 2 aromatic carbocycles. The van der Waals surface area contributed by atoms with Crippen LogP contribution in [0.3, 0.4) is 0 Å². The van der Waals surface area contributed by atoms with E-state index in [-0.39, 0.29) is 21.2 Å². The van der Waals surface area contributed by atoms with E-state index in [1.54, 1.807) is 0 Å². The van der Waals surface area contributed by atoms with Crippen molar-refractivity contribution in [2.75, 3.05) is 0 Å². The molecule has 0 spiro atoms. The van der Waals surface area contributed by atoms with E-state index in [4.69, 9.17) is 0 Å². The Kier molecular flexibility index (Phi) is 9.72. The van der Waals surface area contributed by atoms with Crippen LogP contribution in [0.2, 0.25) is 0 Å². The Morgan fingerprint density at radius 2 is 0.789 bits per heavy atom. The first-order valence-corrected chi connectivity index (χ1v) is 11.3. The van der Waals surface area contributed by atoms with E-state index in [0.717, 1.165) is 0 Å². The fraction of sp³-hybridized carbons (Fsp3) is 0.350. The predicted octanol–water partition coefficient (Wildman–Crippen LogP) is 2.93. The monoisotopic (exact) mass is 694 g/mol. The van der Waals surface area contributed by atoms with E-state index in [1.165, 1.54) is 7.14 Å². The van der Waals surface area contributed by atoms with Crippen LogP contribution in [0.5, 0.6) is 0 Å². The third-order valence-electron chi connectivity index (χ3n) is 4.27. The van der Waals surface area contributed by atoms with Crippen molar-refractivity contribution in [3.63, 3.8) is 0 Å². The lowest BCUT2D eigenvalue weighted by molar-refractivity contribution is -0.597. The molecule has 38 heavy (non-hydrogen) atoms. The van der Waals surface area contributed by atoms with Crippen LogP contribution in [-0.2, 0) is 4.79 Å². The zero-order chi connectivity index (χ0) is 30.0. The topological polar surface area (TPSA) is 40.1 Å². The summed E-state index contributed by atoms with van der Waals surface area (Å²) in [5, 5.41) is 9.61. The molecule has 0 atom stereocenters. The molecule has 18 heteroatoms. The lowest BCUT2D eigenvalue weighted by atomic mass is 9.91. The van der Waals surface area contributed by atoms with Crippen molar-refractivity contribution in [3.8, 4) is 0 Å². The van der Waals surface area contributed by atoms with E-state index in [0.29, 0.717) is 0 Å². The number of carbonyl (C=O) groups is 1. The van der Waals surface area contributed by atoms with Gasteiger partial charge in [0.1, 0.15) is 5.97 Å². The van der Waals surface area contributed by atoms with Crippen LogP contribution in [0.15, 0.2) is 60.7 Å². The Morgan fingerprint density at radius 3 is 1.08 bits per heavy atom. The van der Waals surface area contributed by atoms with Gasteiger partial charge in [0.05, 0.1) is 0 Å². The van der Waals surface area contributed by atoms with Gasteiger partial charge in [0, 0.05) is 0 Å². The molecular formula is C20H10F15IO2. The first-order valence-electron chi connectivity index (χ1n) is 9.19. The number of aliphatic carboxylic acids is 1. The van der Waals surface area contributed by atoms with Gasteiger partial charge in [-0.15, -0.1) is 0 Å². The molecule has 0 aliphatic heterocycles. The van der Waals surface area contributed by atoms with E-state index in [1.807, 2.05) is 0 Å². The minimum atomic E-state index is -8.50. The summed E-state index contributed by atoms with van der Waals surface area (Å²) >= 11 is 0.0287. The normalized spacial score (nSPS) is 14.0. The second kappa shape index (κ2) is 11.0. The number of rotatable bonds is 8. The molecule has 0 aliphatic rings. The lowest BCUT2D eigenvalue weighted by Gasteiger charge is -2.41. The number of hydrogen-bond donors (Lipinski definition) is 0. The highest BCUT2D eigenvalue weighted by atomic mass is 127. The van der Waals surface area contributed by atoms with Crippen molar-refractivity contribution in [3.05, 3.63) is 67.8 Å². The summed E-state index contributed by atoms with van der Waals surface area (Å²) in [5.41, 5.74) is 0. The van der Waals surface area contributed by atoms with Crippen LogP contribution in [0, 0.1) is 7.14 Å². The molecule has 0 bridgehead atoms. The minimum Gasteiger partial charge on any atom is -0.544 e. The fourth-order valence-corrected chi connectivity index (χ4v) is 4.44. The maximum Gasteiger partial charge on any atom is 0.460 e. The SMILES string of the molecule is O=C([O-])C(F)(F)C(F)(F)C(F)(F)C(F)(F)C(F)(F)C(F)(F)C(F)(F)F.c1ccc([I+]c2ccccc2)cc1. The highest BCUT2D eigenvalue weighted by Crippen LogP contribution is 2.62. The molecule has 2 nitrogen and oxygen atoms in total. The zero-order valence-electron chi connectivity index (χ0n) is 17.6. The predicted molar refractivity (Wildman–Crippen MR) is 91.0 cm³/mol. The number of benzene rings is 2. The summed E-state index contributed by atoms with van der Waals surface area (Å²) in [6, 6.07) is 21.4. The Labute approximate surface area is 212 Å². The van der Waals surface area contributed by atoms with Crippen LogP contribution >= 0.6 is 0 Å². The fourth-order valence-electron chi connectivity index (χ4n) is 2.18. The average molecular weight is 694 g/mol. The van der Waals surface area contributed by atoms with Crippen molar-refractivity contribution < 1.29 is 97.0 Å². The van der Waals surface area contributed by atoms with E-state index < -0.39 is 47.7 Å². The first kappa shape index (κ1) is 33.6. The second-order valence-corrected chi connectivity index (χ2v) is 9.95. The second-order valence-electron chi connectivity index (χ2n) is 6.92. The molecule has 0 unspecified atom stereocenters. The number of hydrogen-bond acceptors (Lipinski definition) is 2. The van der Waals surface area contributed by atoms with E-state index in [9.17, 15) is 75.8 Å². The van der Waals surface area contributed by atoms with Crippen LogP contribution in [0.1, 0.15) is 0 Å². The molecule has 0 fully saturated rings. The summed E-state index contributed by atoms with van der Waals surface area (Å²) in [4.78, 5) is 9.61.